The maximum absolute atomic E-state index is 12.7. The molecule has 27 heavy (non-hydrogen) atoms. The molecule has 154 valence electrons. The van der Waals surface area contributed by atoms with Gasteiger partial charge in [0.25, 0.3) is 0 Å². The molecule has 2 bridgehead atoms. The van der Waals surface area contributed by atoms with Crippen molar-refractivity contribution in [2.24, 2.45) is 34.5 Å². The average molecular weight is 381 g/mol. The SMILES string of the molecule is COC(=O)[C@]1(C)CCC[C@@]2(C)[C@H]3C[C@@H]4CO[C@@]3(CC[C@H]21)[C@H](O)[C@]4(O)C(C)C. The topological polar surface area (TPSA) is 76.0 Å². The lowest BCUT2D eigenvalue weighted by Crippen LogP contribution is -2.78. The van der Waals surface area contributed by atoms with Gasteiger partial charge in [-0.3, -0.25) is 4.79 Å². The molecule has 5 aliphatic rings. The van der Waals surface area contributed by atoms with Crippen molar-refractivity contribution in [3.63, 3.8) is 0 Å². The van der Waals surface area contributed by atoms with Crippen LogP contribution in [0.2, 0.25) is 0 Å². The Hall–Kier alpha value is -0.650. The molecule has 2 N–H and O–H groups in total. The van der Waals surface area contributed by atoms with E-state index >= 15 is 0 Å². The fourth-order valence-corrected chi connectivity index (χ4v) is 7.94. The van der Waals surface area contributed by atoms with E-state index in [1.807, 2.05) is 13.8 Å². The first kappa shape index (κ1) is 19.7. The number of aliphatic hydroxyl groups is 2. The molecule has 2 saturated heterocycles. The lowest BCUT2D eigenvalue weighted by molar-refractivity contribution is -0.361. The second-order valence-electron chi connectivity index (χ2n) is 10.6. The highest BCUT2D eigenvalue weighted by molar-refractivity contribution is 5.77. The maximum atomic E-state index is 12.7. The molecule has 3 saturated carbocycles. The van der Waals surface area contributed by atoms with Gasteiger partial charge in [0.05, 0.1) is 19.1 Å². The van der Waals surface area contributed by atoms with Gasteiger partial charge in [0, 0.05) is 5.92 Å². The maximum Gasteiger partial charge on any atom is 0.311 e. The van der Waals surface area contributed by atoms with Crippen molar-refractivity contribution in [1.29, 1.82) is 0 Å². The number of aliphatic hydroxyl groups excluding tert-OH is 1. The summed E-state index contributed by atoms with van der Waals surface area (Å²) in [5, 5.41) is 22.8. The monoisotopic (exact) mass is 380 g/mol. The van der Waals surface area contributed by atoms with Gasteiger partial charge in [0.2, 0.25) is 0 Å². The Kier molecular flexibility index (Phi) is 4.32. The van der Waals surface area contributed by atoms with Gasteiger partial charge in [-0.1, -0.05) is 27.2 Å². The molecule has 5 nitrogen and oxygen atoms in total. The Morgan fingerprint density at radius 3 is 2.52 bits per heavy atom. The summed E-state index contributed by atoms with van der Waals surface area (Å²) in [6, 6.07) is 0. The molecule has 8 atom stereocenters. The number of ether oxygens (including phenoxy) is 2. The van der Waals surface area contributed by atoms with E-state index in [9.17, 15) is 15.0 Å². The van der Waals surface area contributed by atoms with Crippen LogP contribution >= 0.6 is 0 Å². The van der Waals surface area contributed by atoms with E-state index in [1.54, 1.807) is 0 Å². The third-order valence-electron chi connectivity index (χ3n) is 9.39. The fourth-order valence-electron chi connectivity index (χ4n) is 7.94. The Labute approximate surface area is 162 Å². The Morgan fingerprint density at radius 1 is 1.19 bits per heavy atom. The molecule has 3 aliphatic carbocycles. The number of carbonyl (C=O) groups excluding carboxylic acids is 1. The standard InChI is InChI=1S/C22H36O5/c1-13(2)22(25)14-11-16-19(3)8-6-9-20(4,18(24)26-5)15(19)7-10-21(16,17(22)23)27-12-14/h13-17,23,25H,6-12H2,1-5H3/t14-,15-,16-,17+,19-,20-,21-,22+/m1/s1. The molecule has 2 heterocycles. The van der Waals surface area contributed by atoms with Crippen molar-refractivity contribution in [2.45, 2.75) is 83.5 Å². The van der Waals surface area contributed by atoms with E-state index in [0.29, 0.717) is 13.0 Å². The van der Waals surface area contributed by atoms with Gasteiger partial charge >= 0.3 is 5.97 Å². The Morgan fingerprint density at radius 2 is 1.89 bits per heavy atom. The first-order chi connectivity index (χ1) is 12.6. The molecule has 0 aromatic rings. The lowest BCUT2D eigenvalue weighted by Gasteiger charge is -2.71. The van der Waals surface area contributed by atoms with E-state index in [1.165, 1.54) is 7.11 Å². The minimum absolute atomic E-state index is 0.0172. The van der Waals surface area contributed by atoms with Crippen LogP contribution in [0.15, 0.2) is 0 Å². The first-order valence-electron chi connectivity index (χ1n) is 10.7. The van der Waals surface area contributed by atoms with Crippen LogP contribution < -0.4 is 0 Å². The van der Waals surface area contributed by atoms with Gasteiger partial charge in [-0.25, -0.2) is 0 Å². The fraction of sp³-hybridized carbons (Fsp3) is 0.955. The van der Waals surface area contributed by atoms with Crippen molar-refractivity contribution < 1.29 is 24.5 Å². The minimum atomic E-state index is -1.09. The summed E-state index contributed by atoms with van der Waals surface area (Å²) in [7, 11) is 1.49. The van der Waals surface area contributed by atoms with Gasteiger partial charge in [-0.2, -0.15) is 0 Å². The predicted octanol–water partition coefficient (Wildman–Crippen LogP) is 2.92. The second-order valence-corrected chi connectivity index (χ2v) is 10.6. The second kappa shape index (κ2) is 5.93. The van der Waals surface area contributed by atoms with Crippen LogP contribution in [0.25, 0.3) is 0 Å². The van der Waals surface area contributed by atoms with E-state index < -0.39 is 22.7 Å². The molecule has 0 aromatic carbocycles. The average Bonchev–Trinajstić information content (AvgIpc) is 2.64. The van der Waals surface area contributed by atoms with Gasteiger partial charge in [-0.05, 0) is 62.2 Å². The van der Waals surface area contributed by atoms with Crippen LogP contribution in [-0.4, -0.2) is 47.2 Å². The molecule has 5 rings (SSSR count). The summed E-state index contributed by atoms with van der Waals surface area (Å²) in [6.45, 7) is 8.89. The van der Waals surface area contributed by atoms with Crippen LogP contribution in [0.1, 0.15) is 66.2 Å². The third-order valence-corrected chi connectivity index (χ3v) is 9.39. The number of methoxy groups -OCH3 is 1. The molecule has 0 amide bonds. The Balaban J connectivity index is 1.76. The van der Waals surface area contributed by atoms with Crippen molar-refractivity contribution in [3.8, 4) is 0 Å². The molecular weight excluding hydrogens is 344 g/mol. The highest BCUT2D eigenvalue weighted by Crippen LogP contribution is 2.69. The summed E-state index contributed by atoms with van der Waals surface area (Å²) in [4.78, 5) is 12.7. The molecule has 1 spiro atoms. The third kappa shape index (κ3) is 2.20. The predicted molar refractivity (Wildman–Crippen MR) is 101 cm³/mol. The number of rotatable bonds is 2. The largest absolute Gasteiger partial charge is 0.469 e. The van der Waals surface area contributed by atoms with Crippen LogP contribution in [-0.2, 0) is 14.3 Å². The van der Waals surface area contributed by atoms with Gasteiger partial charge < -0.3 is 19.7 Å². The zero-order valence-electron chi connectivity index (χ0n) is 17.5. The lowest BCUT2D eigenvalue weighted by atomic mass is 9.39. The van der Waals surface area contributed by atoms with E-state index in [4.69, 9.17) is 9.47 Å². The Bertz CT molecular complexity index is 634. The summed E-state index contributed by atoms with van der Waals surface area (Å²) in [5.41, 5.74) is -2.33. The summed E-state index contributed by atoms with van der Waals surface area (Å²) in [6.07, 6.45) is 4.42. The quantitative estimate of drug-likeness (QED) is 0.721. The van der Waals surface area contributed by atoms with Crippen molar-refractivity contribution >= 4 is 5.97 Å². The molecule has 0 aromatic heterocycles. The zero-order chi connectivity index (χ0) is 19.8. The van der Waals surface area contributed by atoms with Crippen molar-refractivity contribution in [2.75, 3.05) is 13.7 Å². The van der Waals surface area contributed by atoms with E-state index in [2.05, 4.69) is 13.8 Å². The first-order valence-corrected chi connectivity index (χ1v) is 10.7. The van der Waals surface area contributed by atoms with Crippen LogP contribution in [0, 0.1) is 34.5 Å². The van der Waals surface area contributed by atoms with Gasteiger partial charge in [0.15, 0.2) is 0 Å². The normalized spacial score (nSPS) is 54.4. The molecule has 0 unspecified atom stereocenters. The summed E-state index contributed by atoms with van der Waals surface area (Å²) in [5.74, 6) is 0.220. The van der Waals surface area contributed by atoms with Crippen LogP contribution in [0.4, 0.5) is 0 Å². The smallest absolute Gasteiger partial charge is 0.311 e. The highest BCUT2D eigenvalue weighted by atomic mass is 16.5. The number of hydrogen-bond acceptors (Lipinski definition) is 5. The van der Waals surface area contributed by atoms with Crippen LogP contribution in [0.5, 0.6) is 0 Å². The minimum Gasteiger partial charge on any atom is -0.469 e. The summed E-state index contributed by atoms with van der Waals surface area (Å²) < 4.78 is 11.6. The molecule has 5 fully saturated rings. The van der Waals surface area contributed by atoms with Gasteiger partial charge in [-0.15, -0.1) is 0 Å². The zero-order valence-corrected chi connectivity index (χ0v) is 17.5. The van der Waals surface area contributed by atoms with E-state index in [0.717, 1.165) is 32.1 Å². The molecule has 2 aliphatic heterocycles. The summed E-state index contributed by atoms with van der Waals surface area (Å²) >= 11 is 0. The number of hydrogen-bond donors (Lipinski definition) is 2. The highest BCUT2D eigenvalue weighted by Gasteiger charge is 2.73. The molecular formula is C22H36O5. The van der Waals surface area contributed by atoms with Crippen LogP contribution in [0.3, 0.4) is 0 Å². The molecule has 5 heteroatoms. The van der Waals surface area contributed by atoms with Gasteiger partial charge in [0.1, 0.15) is 17.3 Å². The molecule has 0 radical (unpaired) electrons. The number of fused-ring (bicyclic) bond motifs is 3. The number of carbonyl (C=O) groups is 1. The van der Waals surface area contributed by atoms with Crippen molar-refractivity contribution in [1.82, 2.24) is 0 Å². The number of esters is 1. The van der Waals surface area contributed by atoms with Crippen molar-refractivity contribution in [3.05, 3.63) is 0 Å². The van der Waals surface area contributed by atoms with E-state index in [-0.39, 0.29) is 35.1 Å².